The summed E-state index contributed by atoms with van der Waals surface area (Å²) in [5, 5.41) is 5.20. The molecule has 3 aromatic carbocycles. The lowest BCUT2D eigenvalue weighted by molar-refractivity contribution is 0.483. The molecule has 0 atom stereocenters. The second kappa shape index (κ2) is 8.03. The highest BCUT2D eigenvalue weighted by atomic mass is 32.2. The number of rotatable bonds is 6. The number of hydrogen-bond donors (Lipinski definition) is 2. The molecular formula is C20H18FNO5S2. The van der Waals surface area contributed by atoms with Crippen LogP contribution in [0.25, 0.3) is 11.1 Å². The lowest BCUT2D eigenvalue weighted by Gasteiger charge is -2.14. The van der Waals surface area contributed by atoms with E-state index in [2.05, 4.69) is 0 Å². The number of aryl methyl sites for hydroxylation is 2. The maximum Gasteiger partial charge on any atom is 0.295 e. The van der Waals surface area contributed by atoms with E-state index in [0.717, 1.165) is 29.8 Å². The molecule has 9 heteroatoms. The Morgan fingerprint density at radius 2 is 1.41 bits per heavy atom. The third kappa shape index (κ3) is 4.88. The summed E-state index contributed by atoms with van der Waals surface area (Å²) in [6.07, 6.45) is 1.16. The van der Waals surface area contributed by atoms with E-state index < -0.39 is 41.3 Å². The van der Waals surface area contributed by atoms with Gasteiger partial charge in [0.15, 0.2) is 0 Å². The minimum absolute atomic E-state index is 0.271. The molecule has 29 heavy (non-hydrogen) atoms. The van der Waals surface area contributed by atoms with Crippen LogP contribution in [0.2, 0.25) is 0 Å². The average molecular weight is 435 g/mol. The molecule has 0 aliphatic carbocycles. The maximum atomic E-state index is 14.6. The minimum Gasteiger partial charge on any atom is -0.282 e. The molecule has 0 aliphatic rings. The zero-order valence-electron chi connectivity index (χ0n) is 15.1. The van der Waals surface area contributed by atoms with Crippen LogP contribution in [0.1, 0.15) is 11.1 Å². The zero-order valence-corrected chi connectivity index (χ0v) is 16.8. The lowest BCUT2D eigenvalue weighted by atomic mass is 9.98. The van der Waals surface area contributed by atoms with Crippen LogP contribution in [-0.2, 0) is 33.0 Å². The molecule has 3 aromatic rings. The largest absolute Gasteiger partial charge is 0.295 e. The summed E-state index contributed by atoms with van der Waals surface area (Å²) in [6.45, 7) is 0. The first kappa shape index (κ1) is 21.1. The van der Waals surface area contributed by atoms with Crippen molar-refractivity contribution in [3.8, 4) is 11.1 Å². The molecule has 0 spiro atoms. The van der Waals surface area contributed by atoms with Crippen molar-refractivity contribution in [2.45, 2.75) is 22.6 Å². The first-order chi connectivity index (χ1) is 13.6. The first-order valence-electron chi connectivity index (χ1n) is 8.53. The minimum atomic E-state index is -4.84. The Kier molecular flexibility index (Phi) is 5.85. The second-order valence-electron chi connectivity index (χ2n) is 6.45. The van der Waals surface area contributed by atoms with E-state index in [1.54, 1.807) is 0 Å². The van der Waals surface area contributed by atoms with E-state index in [4.69, 9.17) is 5.14 Å². The Bertz CT molecular complexity index is 1210. The molecule has 0 aliphatic heterocycles. The van der Waals surface area contributed by atoms with Gasteiger partial charge in [0.05, 0.1) is 4.90 Å². The Balaban J connectivity index is 2.15. The molecule has 0 heterocycles. The van der Waals surface area contributed by atoms with E-state index in [-0.39, 0.29) is 5.56 Å². The predicted molar refractivity (Wildman–Crippen MR) is 107 cm³/mol. The van der Waals surface area contributed by atoms with Crippen LogP contribution in [0.3, 0.4) is 0 Å². The molecular weight excluding hydrogens is 417 g/mol. The van der Waals surface area contributed by atoms with Gasteiger partial charge >= 0.3 is 0 Å². The summed E-state index contributed by atoms with van der Waals surface area (Å²) in [7, 11) is -9.23. The first-order valence-corrected chi connectivity index (χ1v) is 11.5. The molecule has 0 unspecified atom stereocenters. The van der Waals surface area contributed by atoms with Gasteiger partial charge in [-0.1, -0.05) is 42.5 Å². The summed E-state index contributed by atoms with van der Waals surface area (Å²) in [4.78, 5) is -1.32. The van der Waals surface area contributed by atoms with E-state index >= 15 is 0 Å². The fourth-order valence-electron chi connectivity index (χ4n) is 3.08. The monoisotopic (exact) mass is 435 g/mol. The van der Waals surface area contributed by atoms with E-state index in [1.165, 1.54) is 12.1 Å². The highest BCUT2D eigenvalue weighted by Crippen LogP contribution is 2.35. The molecule has 6 nitrogen and oxygen atoms in total. The molecule has 0 aromatic heterocycles. The van der Waals surface area contributed by atoms with Crippen molar-refractivity contribution in [1.82, 2.24) is 0 Å². The van der Waals surface area contributed by atoms with Crippen LogP contribution >= 0.6 is 0 Å². The van der Waals surface area contributed by atoms with Crippen LogP contribution in [-0.4, -0.2) is 21.4 Å². The number of halogens is 1. The van der Waals surface area contributed by atoms with E-state index in [9.17, 15) is 25.8 Å². The van der Waals surface area contributed by atoms with Crippen LogP contribution in [0, 0.1) is 5.82 Å². The number of nitrogens with two attached hydrogens (primary N) is 1. The fourth-order valence-corrected chi connectivity index (χ4v) is 4.65. The van der Waals surface area contributed by atoms with Gasteiger partial charge < -0.3 is 0 Å². The number of benzene rings is 3. The maximum absolute atomic E-state index is 14.6. The van der Waals surface area contributed by atoms with Gasteiger partial charge in [0.2, 0.25) is 10.0 Å². The molecule has 3 N–H and O–H groups in total. The lowest BCUT2D eigenvalue weighted by Crippen LogP contribution is -2.15. The van der Waals surface area contributed by atoms with Crippen LogP contribution in [0.4, 0.5) is 4.39 Å². The van der Waals surface area contributed by atoms with Crippen molar-refractivity contribution >= 4 is 20.1 Å². The molecule has 3 rings (SSSR count). The molecule has 0 fully saturated rings. The summed E-state index contributed by atoms with van der Waals surface area (Å²) in [5.74, 6) is -0.838. The summed E-state index contributed by atoms with van der Waals surface area (Å²) in [6, 6.07) is 16.8. The van der Waals surface area contributed by atoms with Crippen LogP contribution in [0.15, 0.2) is 76.5 Å². The molecule has 0 saturated carbocycles. The van der Waals surface area contributed by atoms with Crippen molar-refractivity contribution in [2.75, 3.05) is 0 Å². The Morgan fingerprint density at radius 3 is 2.03 bits per heavy atom. The van der Waals surface area contributed by atoms with Gasteiger partial charge in [0.1, 0.15) is 10.7 Å². The highest BCUT2D eigenvalue weighted by molar-refractivity contribution is 7.89. The molecule has 0 saturated heterocycles. The van der Waals surface area contributed by atoms with Gasteiger partial charge in [-0.3, -0.25) is 4.55 Å². The van der Waals surface area contributed by atoms with Crippen molar-refractivity contribution in [3.63, 3.8) is 0 Å². The summed E-state index contributed by atoms with van der Waals surface area (Å²) >= 11 is 0. The molecule has 0 amide bonds. The normalized spacial score (nSPS) is 12.1. The van der Waals surface area contributed by atoms with Crippen LogP contribution < -0.4 is 5.14 Å². The molecule has 0 radical (unpaired) electrons. The third-order valence-corrected chi connectivity index (χ3v) is 6.27. The standard InChI is InChI=1S/C20H18FNO5S2/c21-17-12-11-15(10-9-14-5-2-1-3-6-14)13-16(17)20-18(28(22,23)24)7-4-8-19(20)29(25,26)27/h1-8,11-13H,9-10H2,(H2,22,23,24)(H,25,26,27). The van der Waals surface area contributed by atoms with Gasteiger partial charge in [-0.25, -0.2) is 17.9 Å². The van der Waals surface area contributed by atoms with Gasteiger partial charge in [0, 0.05) is 11.1 Å². The summed E-state index contributed by atoms with van der Waals surface area (Å²) < 4.78 is 71.8. The molecule has 0 bridgehead atoms. The van der Waals surface area contributed by atoms with Gasteiger partial charge in [-0.2, -0.15) is 8.42 Å². The number of primary sulfonamides is 1. The Morgan fingerprint density at radius 1 is 0.793 bits per heavy atom. The van der Waals surface area contributed by atoms with Crippen molar-refractivity contribution < 1.29 is 25.8 Å². The quantitative estimate of drug-likeness (QED) is 0.577. The SMILES string of the molecule is NS(=O)(=O)c1cccc(S(=O)(=O)O)c1-c1cc(CCc2ccccc2)ccc1F. The van der Waals surface area contributed by atoms with Crippen molar-refractivity contribution in [1.29, 1.82) is 0 Å². The van der Waals surface area contributed by atoms with Gasteiger partial charge in [-0.05, 0) is 48.2 Å². The Hall–Kier alpha value is -2.59. The van der Waals surface area contributed by atoms with E-state index in [0.29, 0.717) is 18.4 Å². The number of sulfonamides is 1. The van der Waals surface area contributed by atoms with Crippen LogP contribution in [0.5, 0.6) is 0 Å². The number of hydrogen-bond acceptors (Lipinski definition) is 4. The van der Waals surface area contributed by atoms with Gasteiger partial charge in [0.25, 0.3) is 10.1 Å². The van der Waals surface area contributed by atoms with Gasteiger partial charge in [-0.15, -0.1) is 0 Å². The van der Waals surface area contributed by atoms with Crippen molar-refractivity contribution in [2.24, 2.45) is 5.14 Å². The Labute approximate surface area is 168 Å². The van der Waals surface area contributed by atoms with E-state index in [1.807, 2.05) is 30.3 Å². The average Bonchev–Trinajstić information content (AvgIpc) is 2.66. The fraction of sp³-hybridized carbons (Fsp3) is 0.100. The highest BCUT2D eigenvalue weighted by Gasteiger charge is 2.26. The topological polar surface area (TPSA) is 115 Å². The summed E-state index contributed by atoms with van der Waals surface area (Å²) in [5.41, 5.74) is 0.960. The third-order valence-electron chi connectivity index (χ3n) is 4.42. The van der Waals surface area contributed by atoms with Crippen molar-refractivity contribution in [3.05, 3.63) is 83.7 Å². The predicted octanol–water partition coefficient (Wildman–Crippen LogP) is 3.17. The second-order valence-corrected chi connectivity index (χ2v) is 9.37. The molecule has 152 valence electrons. The smallest absolute Gasteiger partial charge is 0.282 e. The zero-order chi connectivity index (χ0) is 21.2.